The van der Waals surface area contributed by atoms with Gasteiger partial charge < -0.3 is 15.3 Å². The fraction of sp³-hybridized carbons (Fsp3) is 0.438. The van der Waals surface area contributed by atoms with Crippen LogP contribution in [0.1, 0.15) is 35.7 Å². The zero-order chi connectivity index (χ0) is 16.6. The summed E-state index contributed by atoms with van der Waals surface area (Å²) in [5.74, 6) is -0.546. The minimum atomic E-state index is -0.996. The molecule has 0 saturated carbocycles. The molecule has 0 aliphatic carbocycles. The molecular weight excluding hydrogens is 316 g/mol. The smallest absolute Gasteiger partial charge is 0.335 e. The van der Waals surface area contributed by atoms with Crippen molar-refractivity contribution in [3.63, 3.8) is 0 Å². The molecule has 122 valence electrons. The number of hydrogen-bond acceptors (Lipinski definition) is 4. The molecule has 1 aromatic rings. The Morgan fingerprint density at radius 1 is 1.48 bits per heavy atom. The molecule has 1 aromatic carbocycles. The van der Waals surface area contributed by atoms with Crippen LogP contribution in [0, 0.1) is 0 Å². The van der Waals surface area contributed by atoms with Crippen LogP contribution in [0.25, 0.3) is 0 Å². The molecule has 3 rings (SSSR count). The van der Waals surface area contributed by atoms with Gasteiger partial charge in [-0.15, -0.1) is 11.8 Å². The maximum absolute atomic E-state index is 12.4. The molecule has 6 nitrogen and oxygen atoms in total. The predicted molar refractivity (Wildman–Crippen MR) is 86.0 cm³/mol. The summed E-state index contributed by atoms with van der Waals surface area (Å²) >= 11 is 1.65. The lowest BCUT2D eigenvalue weighted by molar-refractivity contribution is -0.138. The van der Waals surface area contributed by atoms with Crippen LogP contribution < -0.4 is 5.32 Å². The van der Waals surface area contributed by atoms with Gasteiger partial charge in [-0.3, -0.25) is 9.59 Å². The zero-order valence-corrected chi connectivity index (χ0v) is 13.6. The predicted octanol–water partition coefficient (Wildman–Crippen LogP) is 1.45. The van der Waals surface area contributed by atoms with Crippen LogP contribution in [0.5, 0.6) is 0 Å². The van der Waals surface area contributed by atoms with Gasteiger partial charge in [-0.05, 0) is 31.0 Å². The average Bonchev–Trinajstić information content (AvgIpc) is 3.02. The van der Waals surface area contributed by atoms with Crippen molar-refractivity contribution >= 4 is 29.5 Å². The Hall–Kier alpha value is -2.02. The number of carboxylic acid groups (broad SMARTS) is 1. The van der Waals surface area contributed by atoms with E-state index in [0.717, 1.165) is 12.0 Å². The molecule has 2 aliphatic heterocycles. The third kappa shape index (κ3) is 2.93. The molecule has 0 aromatic heterocycles. The number of nitrogens with zero attached hydrogens (tertiary/aromatic N) is 1. The summed E-state index contributed by atoms with van der Waals surface area (Å²) in [6.07, 6.45) is 1.27. The van der Waals surface area contributed by atoms with Gasteiger partial charge in [-0.2, -0.15) is 0 Å². The van der Waals surface area contributed by atoms with Crippen molar-refractivity contribution in [3.8, 4) is 0 Å². The zero-order valence-electron chi connectivity index (χ0n) is 12.7. The molecule has 0 spiro atoms. The summed E-state index contributed by atoms with van der Waals surface area (Å²) in [5, 5.41) is 11.8. The Labute approximate surface area is 138 Å². The number of carboxylic acids is 1. The fourth-order valence-electron chi connectivity index (χ4n) is 3.14. The quantitative estimate of drug-likeness (QED) is 0.870. The number of fused-ring (bicyclic) bond motifs is 1. The van der Waals surface area contributed by atoms with Crippen LogP contribution in [0.2, 0.25) is 0 Å². The molecule has 2 amide bonds. The maximum atomic E-state index is 12.4. The first-order chi connectivity index (χ1) is 10.9. The standard InChI is InChI=1S/C16H18N2O4S/c1-16-6-5-13(19)18(16)12(9-23-16)14(20)17-8-10-3-2-4-11(7-10)15(21)22/h2-4,7,12H,5-6,8-9H2,1H3,(H,17,20)(H,21,22)/t12-,16+/m1/s1. The van der Waals surface area contributed by atoms with E-state index < -0.39 is 12.0 Å². The second-order valence-electron chi connectivity index (χ2n) is 5.99. The number of carbonyl (C=O) groups excluding carboxylic acids is 2. The third-order valence-electron chi connectivity index (χ3n) is 4.39. The Bertz CT molecular complexity index is 678. The lowest BCUT2D eigenvalue weighted by Gasteiger charge is -2.29. The Morgan fingerprint density at radius 3 is 3.00 bits per heavy atom. The van der Waals surface area contributed by atoms with Crippen molar-refractivity contribution in [3.05, 3.63) is 35.4 Å². The lowest BCUT2D eigenvalue weighted by atomic mass is 10.1. The minimum Gasteiger partial charge on any atom is -0.478 e. The van der Waals surface area contributed by atoms with Gasteiger partial charge in [-0.1, -0.05) is 12.1 Å². The van der Waals surface area contributed by atoms with E-state index in [2.05, 4.69) is 5.32 Å². The highest BCUT2D eigenvalue weighted by Crippen LogP contribution is 2.47. The largest absolute Gasteiger partial charge is 0.478 e. The first-order valence-electron chi connectivity index (χ1n) is 7.47. The first kappa shape index (κ1) is 15.9. The van der Waals surface area contributed by atoms with Gasteiger partial charge >= 0.3 is 5.97 Å². The Morgan fingerprint density at radius 2 is 2.26 bits per heavy atom. The average molecular weight is 334 g/mol. The van der Waals surface area contributed by atoms with Crippen molar-refractivity contribution in [1.82, 2.24) is 10.2 Å². The SMILES string of the molecule is C[C@]12CCC(=O)N1[C@@H](C(=O)NCc1cccc(C(=O)O)c1)CS2. The van der Waals surface area contributed by atoms with Crippen molar-refractivity contribution in [2.24, 2.45) is 0 Å². The summed E-state index contributed by atoms with van der Waals surface area (Å²) in [4.78, 5) is 36.9. The van der Waals surface area contributed by atoms with E-state index in [-0.39, 0.29) is 28.8 Å². The van der Waals surface area contributed by atoms with Crippen molar-refractivity contribution in [2.75, 3.05) is 5.75 Å². The van der Waals surface area contributed by atoms with Crippen LogP contribution >= 0.6 is 11.8 Å². The van der Waals surface area contributed by atoms with Gasteiger partial charge in [0.05, 0.1) is 10.4 Å². The normalized spacial score (nSPS) is 26.2. The number of aromatic carboxylic acids is 1. The molecule has 2 aliphatic rings. The molecule has 7 heteroatoms. The van der Waals surface area contributed by atoms with E-state index in [1.165, 1.54) is 12.1 Å². The summed E-state index contributed by atoms with van der Waals surface area (Å²) in [7, 11) is 0. The first-order valence-corrected chi connectivity index (χ1v) is 8.45. The van der Waals surface area contributed by atoms with Crippen LogP contribution in [-0.2, 0) is 16.1 Å². The monoisotopic (exact) mass is 334 g/mol. The van der Waals surface area contributed by atoms with Gasteiger partial charge in [0, 0.05) is 18.7 Å². The number of amides is 2. The van der Waals surface area contributed by atoms with Gasteiger partial charge in [-0.25, -0.2) is 4.79 Å². The molecule has 23 heavy (non-hydrogen) atoms. The fourth-order valence-corrected chi connectivity index (χ4v) is 4.57. The third-order valence-corrected chi connectivity index (χ3v) is 5.89. The van der Waals surface area contributed by atoms with Crippen LogP contribution in [0.4, 0.5) is 0 Å². The van der Waals surface area contributed by atoms with E-state index in [1.807, 2.05) is 6.92 Å². The molecule has 0 bridgehead atoms. The van der Waals surface area contributed by atoms with E-state index in [4.69, 9.17) is 5.11 Å². The molecule has 2 saturated heterocycles. The number of nitrogens with one attached hydrogen (secondary N) is 1. The second-order valence-corrected chi connectivity index (χ2v) is 7.49. The van der Waals surface area contributed by atoms with Gasteiger partial charge in [0.25, 0.3) is 0 Å². The van der Waals surface area contributed by atoms with Crippen LogP contribution in [-0.4, -0.2) is 44.5 Å². The number of thioether (sulfide) groups is 1. The summed E-state index contributed by atoms with van der Waals surface area (Å²) < 4.78 is 0. The Balaban J connectivity index is 1.65. The van der Waals surface area contributed by atoms with Gasteiger partial charge in [0.2, 0.25) is 11.8 Å². The van der Waals surface area contributed by atoms with Crippen LogP contribution in [0.3, 0.4) is 0 Å². The molecule has 0 unspecified atom stereocenters. The van der Waals surface area contributed by atoms with Crippen molar-refractivity contribution in [2.45, 2.75) is 37.2 Å². The van der Waals surface area contributed by atoms with E-state index >= 15 is 0 Å². The number of benzene rings is 1. The maximum Gasteiger partial charge on any atom is 0.335 e. The highest BCUT2D eigenvalue weighted by Gasteiger charge is 2.52. The van der Waals surface area contributed by atoms with Crippen molar-refractivity contribution in [1.29, 1.82) is 0 Å². The van der Waals surface area contributed by atoms with E-state index in [9.17, 15) is 14.4 Å². The molecular formula is C16H18N2O4S. The summed E-state index contributed by atoms with van der Waals surface area (Å²) in [6, 6.07) is 6.02. The van der Waals surface area contributed by atoms with Gasteiger partial charge in [0.1, 0.15) is 6.04 Å². The molecule has 2 heterocycles. The topological polar surface area (TPSA) is 86.7 Å². The van der Waals surface area contributed by atoms with E-state index in [0.29, 0.717) is 12.2 Å². The minimum absolute atomic E-state index is 0.0329. The molecule has 2 fully saturated rings. The van der Waals surface area contributed by atoms with Crippen molar-refractivity contribution < 1.29 is 19.5 Å². The molecule has 0 radical (unpaired) electrons. The van der Waals surface area contributed by atoms with Crippen LogP contribution in [0.15, 0.2) is 24.3 Å². The second kappa shape index (κ2) is 5.88. The van der Waals surface area contributed by atoms with Gasteiger partial charge in [0.15, 0.2) is 0 Å². The summed E-state index contributed by atoms with van der Waals surface area (Å²) in [6.45, 7) is 2.26. The lowest BCUT2D eigenvalue weighted by Crippen LogP contribution is -2.49. The highest BCUT2D eigenvalue weighted by molar-refractivity contribution is 8.01. The highest BCUT2D eigenvalue weighted by atomic mass is 32.2. The summed E-state index contributed by atoms with van der Waals surface area (Å²) in [5.41, 5.74) is 0.912. The number of carbonyl (C=O) groups is 3. The molecule has 2 atom stereocenters. The number of rotatable bonds is 4. The molecule has 2 N–H and O–H groups in total. The number of hydrogen-bond donors (Lipinski definition) is 2. The van der Waals surface area contributed by atoms with E-state index in [1.54, 1.807) is 28.8 Å². The Kier molecular flexibility index (Phi) is 4.06.